The standard InChI is InChI=1S/C18H19FO/c1-13-9-10-16(11-18(13)19)20-12-15-7-4-6-14-5-2-3-8-17(14)15/h2-3,5,8-11,15H,4,6-7,12H2,1H3. The summed E-state index contributed by atoms with van der Waals surface area (Å²) in [5, 5.41) is 0. The number of fused-ring (bicyclic) bond motifs is 1. The monoisotopic (exact) mass is 270 g/mol. The number of benzene rings is 2. The average molecular weight is 270 g/mol. The number of aryl methyl sites for hydroxylation is 2. The van der Waals surface area contributed by atoms with Crippen molar-refractivity contribution in [1.82, 2.24) is 0 Å². The van der Waals surface area contributed by atoms with Crippen LogP contribution in [-0.4, -0.2) is 6.61 Å². The Morgan fingerprint density at radius 1 is 1.20 bits per heavy atom. The van der Waals surface area contributed by atoms with E-state index in [0.29, 0.717) is 23.8 Å². The third kappa shape index (κ3) is 2.69. The van der Waals surface area contributed by atoms with Gasteiger partial charge in [0.25, 0.3) is 0 Å². The molecule has 1 unspecified atom stereocenters. The zero-order valence-electron chi connectivity index (χ0n) is 11.7. The van der Waals surface area contributed by atoms with Gasteiger partial charge in [-0.25, -0.2) is 4.39 Å². The largest absolute Gasteiger partial charge is 0.493 e. The second-order valence-corrected chi connectivity index (χ2v) is 5.51. The molecule has 3 rings (SSSR count). The summed E-state index contributed by atoms with van der Waals surface area (Å²) in [4.78, 5) is 0. The lowest BCUT2D eigenvalue weighted by Gasteiger charge is -2.25. The Morgan fingerprint density at radius 2 is 2.05 bits per heavy atom. The van der Waals surface area contributed by atoms with Crippen LogP contribution in [-0.2, 0) is 6.42 Å². The van der Waals surface area contributed by atoms with Crippen LogP contribution in [0.3, 0.4) is 0 Å². The first-order valence-electron chi connectivity index (χ1n) is 7.21. The molecule has 0 bridgehead atoms. The van der Waals surface area contributed by atoms with Crippen molar-refractivity contribution >= 4 is 0 Å². The van der Waals surface area contributed by atoms with Crippen molar-refractivity contribution in [3.63, 3.8) is 0 Å². The van der Waals surface area contributed by atoms with Gasteiger partial charge in [0.2, 0.25) is 0 Å². The van der Waals surface area contributed by atoms with E-state index in [1.165, 1.54) is 23.6 Å². The van der Waals surface area contributed by atoms with Crippen molar-refractivity contribution in [2.75, 3.05) is 6.61 Å². The normalized spacial score (nSPS) is 17.6. The second kappa shape index (κ2) is 5.66. The highest BCUT2D eigenvalue weighted by Crippen LogP contribution is 2.32. The zero-order valence-corrected chi connectivity index (χ0v) is 11.7. The first kappa shape index (κ1) is 13.2. The number of halogens is 1. The fourth-order valence-electron chi connectivity index (χ4n) is 2.89. The molecule has 0 N–H and O–H groups in total. The lowest BCUT2D eigenvalue weighted by Crippen LogP contribution is -2.16. The van der Waals surface area contributed by atoms with Gasteiger partial charge < -0.3 is 4.74 Å². The number of rotatable bonds is 3. The van der Waals surface area contributed by atoms with Gasteiger partial charge in [0.1, 0.15) is 11.6 Å². The topological polar surface area (TPSA) is 9.23 Å². The van der Waals surface area contributed by atoms with Gasteiger partial charge in [-0.1, -0.05) is 30.3 Å². The van der Waals surface area contributed by atoms with Crippen LogP contribution in [0.2, 0.25) is 0 Å². The van der Waals surface area contributed by atoms with Crippen molar-refractivity contribution < 1.29 is 9.13 Å². The summed E-state index contributed by atoms with van der Waals surface area (Å²) in [5.41, 5.74) is 3.48. The van der Waals surface area contributed by atoms with Crippen molar-refractivity contribution in [2.24, 2.45) is 0 Å². The van der Waals surface area contributed by atoms with Gasteiger partial charge in [0.15, 0.2) is 0 Å². The van der Waals surface area contributed by atoms with Crippen LogP contribution in [0, 0.1) is 12.7 Å². The smallest absolute Gasteiger partial charge is 0.129 e. The summed E-state index contributed by atoms with van der Waals surface area (Å²) in [6, 6.07) is 13.7. The minimum Gasteiger partial charge on any atom is -0.493 e. The summed E-state index contributed by atoms with van der Waals surface area (Å²) in [6.45, 7) is 2.38. The van der Waals surface area contributed by atoms with E-state index in [1.807, 2.05) is 6.07 Å². The molecule has 0 radical (unpaired) electrons. The van der Waals surface area contributed by atoms with E-state index in [-0.39, 0.29) is 5.82 Å². The van der Waals surface area contributed by atoms with Gasteiger partial charge >= 0.3 is 0 Å². The maximum atomic E-state index is 13.5. The number of hydrogen-bond donors (Lipinski definition) is 0. The summed E-state index contributed by atoms with van der Waals surface area (Å²) < 4.78 is 19.3. The van der Waals surface area contributed by atoms with Gasteiger partial charge in [-0.3, -0.25) is 0 Å². The molecule has 1 atom stereocenters. The summed E-state index contributed by atoms with van der Waals surface area (Å²) in [6.07, 6.45) is 3.50. The van der Waals surface area contributed by atoms with Crippen LogP contribution >= 0.6 is 0 Å². The third-order valence-electron chi connectivity index (χ3n) is 4.09. The van der Waals surface area contributed by atoms with E-state index in [0.717, 1.165) is 12.8 Å². The molecule has 0 aromatic heterocycles. The molecule has 1 nitrogen and oxygen atoms in total. The van der Waals surface area contributed by atoms with Crippen molar-refractivity contribution in [1.29, 1.82) is 0 Å². The molecular formula is C18H19FO. The van der Waals surface area contributed by atoms with Gasteiger partial charge in [-0.2, -0.15) is 0 Å². The summed E-state index contributed by atoms with van der Waals surface area (Å²) >= 11 is 0. The highest BCUT2D eigenvalue weighted by molar-refractivity contribution is 5.33. The molecule has 0 fully saturated rings. The fraction of sp³-hybridized carbons (Fsp3) is 0.333. The van der Waals surface area contributed by atoms with Crippen LogP contribution in [0.5, 0.6) is 5.75 Å². The summed E-state index contributed by atoms with van der Waals surface area (Å²) in [5.74, 6) is 0.840. The van der Waals surface area contributed by atoms with E-state index in [4.69, 9.17) is 4.74 Å². The van der Waals surface area contributed by atoms with Crippen LogP contribution in [0.15, 0.2) is 42.5 Å². The molecule has 2 aromatic rings. The Morgan fingerprint density at radius 3 is 2.90 bits per heavy atom. The average Bonchev–Trinajstić information content (AvgIpc) is 2.48. The maximum Gasteiger partial charge on any atom is 0.129 e. The first-order valence-corrected chi connectivity index (χ1v) is 7.21. The van der Waals surface area contributed by atoms with Gasteiger partial charge in [-0.05, 0) is 48.9 Å². The minimum absolute atomic E-state index is 0.202. The van der Waals surface area contributed by atoms with Crippen LogP contribution in [0.1, 0.15) is 35.4 Å². The van der Waals surface area contributed by atoms with Crippen molar-refractivity contribution in [2.45, 2.75) is 32.1 Å². The molecule has 1 aliphatic rings. The molecule has 0 saturated heterocycles. The Bertz CT molecular complexity index is 606. The molecule has 2 aromatic carbocycles. The first-order chi connectivity index (χ1) is 9.74. The van der Waals surface area contributed by atoms with E-state index >= 15 is 0 Å². The molecule has 0 amide bonds. The van der Waals surface area contributed by atoms with Crippen molar-refractivity contribution in [3.8, 4) is 5.75 Å². The van der Waals surface area contributed by atoms with E-state index in [9.17, 15) is 4.39 Å². The number of ether oxygens (including phenoxy) is 1. The third-order valence-corrected chi connectivity index (χ3v) is 4.09. The Labute approximate surface area is 119 Å². The molecule has 104 valence electrons. The van der Waals surface area contributed by atoms with Gasteiger partial charge in [0.05, 0.1) is 6.61 Å². The molecule has 0 heterocycles. The predicted molar refractivity (Wildman–Crippen MR) is 78.8 cm³/mol. The van der Waals surface area contributed by atoms with Crippen LogP contribution in [0.4, 0.5) is 4.39 Å². The number of hydrogen-bond acceptors (Lipinski definition) is 1. The van der Waals surface area contributed by atoms with Crippen molar-refractivity contribution in [3.05, 3.63) is 65.0 Å². The summed E-state index contributed by atoms with van der Waals surface area (Å²) in [7, 11) is 0. The molecule has 2 heteroatoms. The Hall–Kier alpha value is -1.83. The van der Waals surface area contributed by atoms with Crippen LogP contribution in [0.25, 0.3) is 0 Å². The second-order valence-electron chi connectivity index (χ2n) is 5.51. The highest BCUT2D eigenvalue weighted by atomic mass is 19.1. The molecule has 0 spiro atoms. The minimum atomic E-state index is -0.202. The van der Waals surface area contributed by atoms with Crippen LogP contribution < -0.4 is 4.74 Å². The lowest BCUT2D eigenvalue weighted by molar-refractivity contribution is 0.273. The molecule has 0 aliphatic heterocycles. The molecular weight excluding hydrogens is 251 g/mol. The fourth-order valence-corrected chi connectivity index (χ4v) is 2.89. The van der Waals surface area contributed by atoms with Gasteiger partial charge in [-0.15, -0.1) is 0 Å². The van der Waals surface area contributed by atoms with E-state index in [2.05, 4.69) is 24.3 Å². The maximum absolute atomic E-state index is 13.5. The van der Waals surface area contributed by atoms with E-state index < -0.39 is 0 Å². The highest BCUT2D eigenvalue weighted by Gasteiger charge is 2.20. The Kier molecular flexibility index (Phi) is 3.72. The lowest BCUT2D eigenvalue weighted by atomic mass is 9.83. The predicted octanol–water partition coefficient (Wildman–Crippen LogP) is 4.63. The SMILES string of the molecule is Cc1ccc(OCC2CCCc3ccccc32)cc1F. The Balaban J connectivity index is 1.71. The molecule has 20 heavy (non-hydrogen) atoms. The quantitative estimate of drug-likeness (QED) is 0.790. The van der Waals surface area contributed by atoms with Gasteiger partial charge in [0, 0.05) is 12.0 Å². The zero-order chi connectivity index (χ0) is 13.9. The molecule has 0 saturated carbocycles. The molecule has 1 aliphatic carbocycles. The van der Waals surface area contributed by atoms with E-state index in [1.54, 1.807) is 13.0 Å².